The minimum absolute atomic E-state index is 0.355. The summed E-state index contributed by atoms with van der Waals surface area (Å²) in [7, 11) is 1.44. The molecule has 0 heterocycles. The lowest BCUT2D eigenvalue weighted by atomic mass is 10.0. The Labute approximate surface area is 95.9 Å². The molecule has 1 aromatic rings. The number of carbonyl (C=O) groups is 1. The third-order valence-electron chi connectivity index (χ3n) is 2.13. The molecule has 0 fully saturated rings. The SMILES string of the molecule is COc1cc(C(=O)CS(=O)O)c(C)cc1N. The monoisotopic (exact) mass is 243 g/mol. The van der Waals surface area contributed by atoms with Crippen molar-refractivity contribution in [3.8, 4) is 5.75 Å². The maximum Gasteiger partial charge on any atom is 0.178 e. The molecule has 6 heteroatoms. The number of rotatable bonds is 4. The number of ether oxygens (including phenoxy) is 1. The maximum absolute atomic E-state index is 11.6. The Kier molecular flexibility index (Phi) is 4.03. The highest BCUT2D eigenvalue weighted by Gasteiger charge is 2.14. The molecular formula is C10H13NO4S. The summed E-state index contributed by atoms with van der Waals surface area (Å²) in [6.07, 6.45) is 0. The van der Waals surface area contributed by atoms with E-state index in [4.69, 9.17) is 15.0 Å². The van der Waals surface area contributed by atoms with Gasteiger partial charge < -0.3 is 15.0 Å². The first-order valence-electron chi connectivity index (χ1n) is 4.50. The quantitative estimate of drug-likeness (QED) is 0.467. The summed E-state index contributed by atoms with van der Waals surface area (Å²) in [6.45, 7) is 1.71. The summed E-state index contributed by atoms with van der Waals surface area (Å²) in [5.41, 5.74) is 7.10. The lowest BCUT2D eigenvalue weighted by Gasteiger charge is -2.09. The highest BCUT2D eigenvalue weighted by atomic mass is 32.2. The van der Waals surface area contributed by atoms with Gasteiger partial charge in [-0.15, -0.1) is 0 Å². The Bertz CT molecular complexity index is 445. The average molecular weight is 243 g/mol. The Morgan fingerprint density at radius 2 is 2.19 bits per heavy atom. The van der Waals surface area contributed by atoms with Crippen LogP contribution in [0.2, 0.25) is 0 Å². The van der Waals surface area contributed by atoms with Crippen LogP contribution in [0.5, 0.6) is 5.75 Å². The van der Waals surface area contributed by atoms with Gasteiger partial charge in [-0.25, -0.2) is 4.21 Å². The van der Waals surface area contributed by atoms with Crippen LogP contribution in [0.3, 0.4) is 0 Å². The molecule has 0 aromatic heterocycles. The van der Waals surface area contributed by atoms with E-state index in [1.54, 1.807) is 13.0 Å². The van der Waals surface area contributed by atoms with Crippen molar-refractivity contribution in [3.05, 3.63) is 23.3 Å². The van der Waals surface area contributed by atoms with Crippen molar-refractivity contribution < 1.29 is 18.3 Å². The molecule has 1 atom stereocenters. The number of carbonyl (C=O) groups excluding carboxylic acids is 1. The summed E-state index contributed by atoms with van der Waals surface area (Å²) in [5, 5.41) is 0. The van der Waals surface area contributed by atoms with Gasteiger partial charge in [0.1, 0.15) is 11.5 Å². The van der Waals surface area contributed by atoms with E-state index < -0.39 is 22.6 Å². The molecule has 16 heavy (non-hydrogen) atoms. The lowest BCUT2D eigenvalue weighted by molar-refractivity contribution is 0.102. The molecule has 0 amide bonds. The first-order valence-corrected chi connectivity index (χ1v) is 5.78. The molecule has 88 valence electrons. The molecule has 5 nitrogen and oxygen atoms in total. The van der Waals surface area contributed by atoms with E-state index in [1.165, 1.54) is 13.2 Å². The fourth-order valence-corrected chi connectivity index (χ4v) is 1.76. The zero-order valence-corrected chi connectivity index (χ0v) is 9.84. The zero-order chi connectivity index (χ0) is 12.3. The number of aryl methyl sites for hydroxylation is 1. The molecule has 0 aliphatic heterocycles. The van der Waals surface area contributed by atoms with E-state index in [0.717, 1.165) is 0 Å². The van der Waals surface area contributed by atoms with E-state index in [2.05, 4.69) is 0 Å². The molecule has 0 bridgehead atoms. The Morgan fingerprint density at radius 1 is 1.56 bits per heavy atom. The van der Waals surface area contributed by atoms with Crippen LogP contribution in [0.25, 0.3) is 0 Å². The number of anilines is 1. The lowest BCUT2D eigenvalue weighted by Crippen LogP contribution is -2.12. The molecule has 0 saturated heterocycles. The molecule has 0 saturated carbocycles. The van der Waals surface area contributed by atoms with E-state index in [0.29, 0.717) is 22.6 Å². The molecule has 0 spiro atoms. The molecule has 0 aliphatic rings. The van der Waals surface area contributed by atoms with Gasteiger partial charge in [-0.2, -0.15) is 0 Å². The third kappa shape index (κ3) is 2.80. The van der Waals surface area contributed by atoms with Crippen molar-refractivity contribution in [2.24, 2.45) is 0 Å². The normalized spacial score (nSPS) is 12.2. The van der Waals surface area contributed by atoms with Crippen molar-refractivity contribution in [1.29, 1.82) is 0 Å². The van der Waals surface area contributed by atoms with Gasteiger partial charge in [0.2, 0.25) is 0 Å². The molecular weight excluding hydrogens is 230 g/mol. The largest absolute Gasteiger partial charge is 0.495 e. The standard InChI is InChI=1S/C10H13NO4S/c1-6-3-8(11)10(15-2)4-7(6)9(12)5-16(13)14/h3-4H,5,11H2,1-2H3,(H,13,14). The second-order valence-electron chi connectivity index (χ2n) is 3.30. The molecule has 3 N–H and O–H groups in total. The molecule has 0 radical (unpaired) electrons. The minimum atomic E-state index is -2.14. The summed E-state index contributed by atoms with van der Waals surface area (Å²) >= 11 is -2.14. The Morgan fingerprint density at radius 3 is 2.69 bits per heavy atom. The number of ketones is 1. The third-order valence-corrected chi connectivity index (χ3v) is 2.64. The fourth-order valence-electron chi connectivity index (χ4n) is 1.38. The van der Waals surface area contributed by atoms with Crippen molar-refractivity contribution in [2.45, 2.75) is 6.92 Å². The second kappa shape index (κ2) is 5.09. The number of hydrogen-bond acceptors (Lipinski definition) is 4. The Hall–Kier alpha value is -1.40. The van der Waals surface area contributed by atoms with Crippen LogP contribution in [-0.2, 0) is 11.1 Å². The van der Waals surface area contributed by atoms with Crippen LogP contribution >= 0.6 is 0 Å². The summed E-state index contributed by atoms with van der Waals surface area (Å²) in [5.74, 6) is -0.442. The van der Waals surface area contributed by atoms with Crippen LogP contribution in [-0.4, -0.2) is 27.4 Å². The molecule has 0 aliphatic carbocycles. The number of nitrogens with two attached hydrogens (primary N) is 1. The van der Waals surface area contributed by atoms with Crippen molar-refractivity contribution in [1.82, 2.24) is 0 Å². The van der Waals surface area contributed by atoms with Crippen LogP contribution in [0.1, 0.15) is 15.9 Å². The van der Waals surface area contributed by atoms with Crippen LogP contribution in [0.15, 0.2) is 12.1 Å². The average Bonchev–Trinajstić information content (AvgIpc) is 2.16. The van der Waals surface area contributed by atoms with Crippen LogP contribution in [0.4, 0.5) is 5.69 Å². The fraction of sp³-hybridized carbons (Fsp3) is 0.300. The first kappa shape index (κ1) is 12.7. The number of hydrogen-bond donors (Lipinski definition) is 2. The van der Waals surface area contributed by atoms with E-state index >= 15 is 0 Å². The van der Waals surface area contributed by atoms with Gasteiger partial charge in [0.05, 0.1) is 12.8 Å². The van der Waals surface area contributed by atoms with Gasteiger partial charge in [0.15, 0.2) is 16.9 Å². The van der Waals surface area contributed by atoms with Crippen molar-refractivity contribution >= 4 is 22.6 Å². The number of Topliss-reactive ketones (excluding diaryl/α,β-unsaturated/α-hetero) is 1. The van der Waals surface area contributed by atoms with Gasteiger partial charge in [-0.1, -0.05) is 0 Å². The van der Waals surface area contributed by atoms with E-state index in [1.807, 2.05) is 0 Å². The minimum Gasteiger partial charge on any atom is -0.495 e. The van der Waals surface area contributed by atoms with Gasteiger partial charge in [-0.3, -0.25) is 4.79 Å². The molecule has 1 aromatic carbocycles. The highest BCUT2D eigenvalue weighted by Crippen LogP contribution is 2.25. The van der Waals surface area contributed by atoms with Gasteiger partial charge >= 0.3 is 0 Å². The summed E-state index contributed by atoms with van der Waals surface area (Å²) < 4.78 is 24.2. The van der Waals surface area contributed by atoms with Gasteiger partial charge in [0, 0.05) is 5.56 Å². The smallest absolute Gasteiger partial charge is 0.178 e. The highest BCUT2D eigenvalue weighted by molar-refractivity contribution is 7.80. The number of benzene rings is 1. The topological polar surface area (TPSA) is 89.6 Å². The Balaban J connectivity index is 3.13. The predicted molar refractivity (Wildman–Crippen MR) is 62.1 cm³/mol. The maximum atomic E-state index is 11.6. The van der Waals surface area contributed by atoms with Crippen LogP contribution in [0, 0.1) is 6.92 Å². The molecule has 1 unspecified atom stereocenters. The summed E-state index contributed by atoms with van der Waals surface area (Å²) in [4.78, 5) is 11.6. The predicted octanol–water partition coefficient (Wildman–Crippen LogP) is 0.990. The van der Waals surface area contributed by atoms with Crippen molar-refractivity contribution in [2.75, 3.05) is 18.6 Å². The van der Waals surface area contributed by atoms with E-state index in [-0.39, 0.29) is 0 Å². The van der Waals surface area contributed by atoms with Gasteiger partial charge in [-0.05, 0) is 24.6 Å². The van der Waals surface area contributed by atoms with Crippen molar-refractivity contribution in [3.63, 3.8) is 0 Å². The molecule has 1 rings (SSSR count). The van der Waals surface area contributed by atoms with Gasteiger partial charge in [0.25, 0.3) is 0 Å². The number of nitrogen functional groups attached to an aromatic ring is 1. The first-order chi connectivity index (χ1) is 7.45. The summed E-state index contributed by atoms with van der Waals surface area (Å²) in [6, 6.07) is 3.09. The van der Waals surface area contributed by atoms with E-state index in [9.17, 15) is 9.00 Å². The second-order valence-corrected chi connectivity index (χ2v) is 4.23. The zero-order valence-electron chi connectivity index (χ0n) is 9.02. The number of methoxy groups -OCH3 is 1. The van der Waals surface area contributed by atoms with Crippen LogP contribution < -0.4 is 10.5 Å².